The predicted octanol–water partition coefficient (Wildman–Crippen LogP) is 3.44. The molecule has 98 valence electrons. The van der Waals surface area contributed by atoms with Crippen LogP contribution in [0.15, 0.2) is 54.6 Å². The molecule has 0 unspecified atom stereocenters. The molecule has 0 aliphatic heterocycles. The van der Waals surface area contributed by atoms with Crippen molar-refractivity contribution >= 4 is 17.5 Å². The highest BCUT2D eigenvalue weighted by Gasteiger charge is 2.10. The first-order chi connectivity index (χ1) is 9.74. The number of nitrogen functional groups attached to an aromatic ring is 1. The van der Waals surface area contributed by atoms with Crippen molar-refractivity contribution in [3.8, 4) is 22.8 Å². The molecule has 5 heteroatoms. The van der Waals surface area contributed by atoms with Crippen LogP contribution in [0, 0.1) is 0 Å². The summed E-state index contributed by atoms with van der Waals surface area (Å²) in [5.74, 6) is 1.18. The molecule has 3 aromatic rings. The van der Waals surface area contributed by atoms with Gasteiger partial charge in [-0.3, -0.25) is 0 Å². The summed E-state index contributed by atoms with van der Waals surface area (Å²) in [6.07, 6.45) is 0. The number of hydrogen-bond acceptors (Lipinski definition) is 4. The second kappa shape index (κ2) is 5.27. The first-order valence-electron chi connectivity index (χ1n) is 6.06. The molecule has 1 aromatic heterocycles. The highest BCUT2D eigenvalue weighted by atomic mass is 35.5. The zero-order chi connectivity index (χ0) is 13.9. The number of halogens is 1. The largest absolute Gasteiger partial charge is 0.368 e. The number of aromatic nitrogens is 3. The van der Waals surface area contributed by atoms with Crippen LogP contribution in [0.1, 0.15) is 0 Å². The molecule has 2 N–H and O–H groups in total. The van der Waals surface area contributed by atoms with E-state index in [2.05, 4.69) is 15.0 Å². The number of rotatable bonds is 2. The van der Waals surface area contributed by atoms with E-state index in [1.165, 1.54) is 0 Å². The quantitative estimate of drug-likeness (QED) is 0.782. The molecule has 2 aromatic carbocycles. The van der Waals surface area contributed by atoms with E-state index < -0.39 is 0 Å². The molecule has 0 saturated heterocycles. The number of anilines is 1. The zero-order valence-corrected chi connectivity index (χ0v) is 11.2. The van der Waals surface area contributed by atoms with Crippen LogP contribution < -0.4 is 5.73 Å². The van der Waals surface area contributed by atoms with Crippen molar-refractivity contribution in [3.05, 3.63) is 59.6 Å². The number of nitrogens with two attached hydrogens (primary N) is 1. The summed E-state index contributed by atoms with van der Waals surface area (Å²) in [7, 11) is 0. The summed E-state index contributed by atoms with van der Waals surface area (Å²) in [6, 6.07) is 17.0. The average molecular weight is 283 g/mol. The lowest BCUT2D eigenvalue weighted by molar-refractivity contribution is 1.08. The van der Waals surface area contributed by atoms with E-state index in [9.17, 15) is 0 Å². The van der Waals surface area contributed by atoms with Gasteiger partial charge in [0.1, 0.15) is 0 Å². The van der Waals surface area contributed by atoms with E-state index in [0.29, 0.717) is 16.7 Å². The Morgan fingerprint density at radius 3 is 2.15 bits per heavy atom. The van der Waals surface area contributed by atoms with Gasteiger partial charge in [0.25, 0.3) is 0 Å². The minimum Gasteiger partial charge on any atom is -0.368 e. The zero-order valence-electron chi connectivity index (χ0n) is 10.5. The Morgan fingerprint density at radius 2 is 1.40 bits per heavy atom. The summed E-state index contributed by atoms with van der Waals surface area (Å²) in [5.41, 5.74) is 7.40. The maximum absolute atomic E-state index is 6.17. The molecular weight excluding hydrogens is 272 g/mol. The second-order valence-corrected chi connectivity index (χ2v) is 4.59. The molecule has 0 fully saturated rings. The Bertz CT molecular complexity index is 744. The van der Waals surface area contributed by atoms with Crippen LogP contribution in [0.4, 0.5) is 5.95 Å². The average Bonchev–Trinajstić information content (AvgIpc) is 2.48. The first-order valence-corrected chi connectivity index (χ1v) is 6.44. The molecular formula is C15H11ClN4. The molecule has 0 aliphatic carbocycles. The smallest absolute Gasteiger partial charge is 0.224 e. The third-order valence-corrected chi connectivity index (χ3v) is 3.13. The van der Waals surface area contributed by atoms with Gasteiger partial charge in [-0.2, -0.15) is 9.97 Å². The molecule has 0 bridgehead atoms. The van der Waals surface area contributed by atoms with Crippen LogP contribution in [0.5, 0.6) is 0 Å². The second-order valence-electron chi connectivity index (χ2n) is 4.19. The van der Waals surface area contributed by atoms with Gasteiger partial charge in [-0.05, 0) is 12.1 Å². The lowest BCUT2D eigenvalue weighted by Gasteiger charge is -2.06. The fourth-order valence-corrected chi connectivity index (χ4v) is 2.09. The fraction of sp³-hybridized carbons (Fsp3) is 0. The van der Waals surface area contributed by atoms with Crippen LogP contribution in [0.2, 0.25) is 5.02 Å². The van der Waals surface area contributed by atoms with Crippen molar-refractivity contribution in [3.63, 3.8) is 0 Å². The SMILES string of the molecule is Nc1nc(-c2ccccc2)nc(-c2ccccc2Cl)n1. The summed E-state index contributed by atoms with van der Waals surface area (Å²) in [6.45, 7) is 0. The van der Waals surface area contributed by atoms with Crippen molar-refractivity contribution < 1.29 is 0 Å². The van der Waals surface area contributed by atoms with Gasteiger partial charge in [-0.25, -0.2) is 4.98 Å². The minimum atomic E-state index is 0.175. The maximum atomic E-state index is 6.17. The third-order valence-electron chi connectivity index (χ3n) is 2.80. The predicted molar refractivity (Wildman–Crippen MR) is 80.1 cm³/mol. The van der Waals surface area contributed by atoms with Gasteiger partial charge in [0.05, 0.1) is 5.02 Å². The summed E-state index contributed by atoms with van der Waals surface area (Å²) in [5, 5.41) is 0.581. The van der Waals surface area contributed by atoms with E-state index in [1.807, 2.05) is 48.5 Å². The van der Waals surface area contributed by atoms with Gasteiger partial charge in [-0.15, -0.1) is 0 Å². The molecule has 0 amide bonds. The molecule has 0 aliphatic rings. The Balaban J connectivity index is 2.15. The van der Waals surface area contributed by atoms with Gasteiger partial charge in [0.2, 0.25) is 5.95 Å². The van der Waals surface area contributed by atoms with E-state index in [0.717, 1.165) is 11.1 Å². The Hall–Kier alpha value is -2.46. The minimum absolute atomic E-state index is 0.175. The van der Waals surface area contributed by atoms with E-state index >= 15 is 0 Å². The maximum Gasteiger partial charge on any atom is 0.224 e. The van der Waals surface area contributed by atoms with Crippen LogP contribution >= 0.6 is 11.6 Å². The molecule has 0 radical (unpaired) electrons. The summed E-state index contributed by atoms with van der Waals surface area (Å²) >= 11 is 6.17. The van der Waals surface area contributed by atoms with Gasteiger partial charge in [0.15, 0.2) is 11.6 Å². The number of nitrogens with zero attached hydrogens (tertiary/aromatic N) is 3. The van der Waals surface area contributed by atoms with E-state index in [1.54, 1.807) is 6.07 Å². The van der Waals surface area contributed by atoms with Crippen molar-refractivity contribution in [1.29, 1.82) is 0 Å². The highest BCUT2D eigenvalue weighted by molar-refractivity contribution is 6.33. The lowest BCUT2D eigenvalue weighted by Crippen LogP contribution is -2.02. The Labute approximate surface area is 121 Å². The molecule has 0 atom stereocenters. The van der Waals surface area contributed by atoms with Crippen molar-refractivity contribution in [2.75, 3.05) is 5.73 Å². The molecule has 1 heterocycles. The number of benzene rings is 2. The first kappa shape index (κ1) is 12.6. The molecule has 4 nitrogen and oxygen atoms in total. The van der Waals surface area contributed by atoms with Crippen LogP contribution in [-0.4, -0.2) is 15.0 Å². The summed E-state index contributed by atoms with van der Waals surface area (Å²) in [4.78, 5) is 12.8. The molecule has 3 rings (SSSR count). The molecule has 20 heavy (non-hydrogen) atoms. The van der Waals surface area contributed by atoms with Crippen molar-refractivity contribution in [2.45, 2.75) is 0 Å². The monoisotopic (exact) mass is 282 g/mol. The van der Waals surface area contributed by atoms with Crippen LogP contribution in [-0.2, 0) is 0 Å². The van der Waals surface area contributed by atoms with Crippen LogP contribution in [0.25, 0.3) is 22.8 Å². The Morgan fingerprint density at radius 1 is 0.750 bits per heavy atom. The van der Waals surface area contributed by atoms with E-state index in [-0.39, 0.29) is 5.95 Å². The standard InChI is InChI=1S/C15H11ClN4/c16-12-9-5-4-8-11(12)14-18-13(19-15(17)20-14)10-6-2-1-3-7-10/h1-9H,(H2,17,18,19,20). The Kier molecular flexibility index (Phi) is 3.31. The molecule has 0 spiro atoms. The van der Waals surface area contributed by atoms with E-state index in [4.69, 9.17) is 17.3 Å². The normalized spacial score (nSPS) is 10.4. The third kappa shape index (κ3) is 2.46. The molecule has 0 saturated carbocycles. The van der Waals surface area contributed by atoms with Crippen molar-refractivity contribution in [2.24, 2.45) is 0 Å². The van der Waals surface area contributed by atoms with Gasteiger partial charge < -0.3 is 5.73 Å². The topological polar surface area (TPSA) is 64.7 Å². The van der Waals surface area contributed by atoms with Gasteiger partial charge in [-0.1, -0.05) is 54.1 Å². The highest BCUT2D eigenvalue weighted by Crippen LogP contribution is 2.26. The van der Waals surface area contributed by atoms with Gasteiger partial charge in [0, 0.05) is 11.1 Å². The van der Waals surface area contributed by atoms with Gasteiger partial charge >= 0.3 is 0 Å². The number of hydrogen-bond donors (Lipinski definition) is 1. The van der Waals surface area contributed by atoms with Crippen molar-refractivity contribution in [1.82, 2.24) is 15.0 Å². The summed E-state index contributed by atoms with van der Waals surface area (Å²) < 4.78 is 0. The van der Waals surface area contributed by atoms with Crippen LogP contribution in [0.3, 0.4) is 0 Å². The fourth-order valence-electron chi connectivity index (χ4n) is 1.87. The lowest BCUT2D eigenvalue weighted by atomic mass is 10.2.